The number of ether oxygens (including phenoxy) is 2. The van der Waals surface area contributed by atoms with Crippen LogP contribution >= 0.6 is 0 Å². The van der Waals surface area contributed by atoms with E-state index in [0.29, 0.717) is 23.4 Å². The van der Waals surface area contributed by atoms with Gasteiger partial charge in [0.2, 0.25) is 0 Å². The molecule has 0 saturated heterocycles. The molecular formula is C30H27F7N2O5. The number of hydrogen-bond donors (Lipinski definition) is 3. The number of benzene rings is 3. The van der Waals surface area contributed by atoms with E-state index in [4.69, 9.17) is 20.9 Å². The molecule has 0 spiro atoms. The highest BCUT2D eigenvalue weighted by Gasteiger charge is 2.72. The largest absolute Gasteiger partial charge is 0.494 e. The molecule has 0 fully saturated rings. The van der Waals surface area contributed by atoms with Gasteiger partial charge < -0.3 is 26.0 Å². The molecule has 44 heavy (non-hydrogen) atoms. The van der Waals surface area contributed by atoms with Gasteiger partial charge in [0.15, 0.2) is 0 Å². The maximum Gasteiger partial charge on any atom is 0.459 e. The molecule has 0 amide bonds. The summed E-state index contributed by atoms with van der Waals surface area (Å²) in [6.45, 7) is -0.576. The van der Waals surface area contributed by atoms with Gasteiger partial charge in [0.05, 0.1) is 12.2 Å². The van der Waals surface area contributed by atoms with Gasteiger partial charge in [-0.25, -0.2) is 9.59 Å². The normalized spacial score (nSPS) is 12.6. The zero-order valence-electron chi connectivity index (χ0n) is 22.8. The number of nitrogen functional groups attached to an aromatic ring is 2. The smallest absolute Gasteiger partial charge is 0.459 e. The third kappa shape index (κ3) is 8.64. The van der Waals surface area contributed by atoms with E-state index in [1.807, 2.05) is 0 Å². The number of carbonyl (C=O) groups excluding carboxylic acids is 1. The van der Waals surface area contributed by atoms with Crippen molar-refractivity contribution in [3.8, 4) is 11.5 Å². The van der Waals surface area contributed by atoms with Crippen molar-refractivity contribution in [1.82, 2.24) is 0 Å². The van der Waals surface area contributed by atoms with Crippen LogP contribution in [0.5, 0.6) is 11.5 Å². The number of carboxylic acid groups (broad SMARTS) is 1. The Kier molecular flexibility index (Phi) is 10.5. The summed E-state index contributed by atoms with van der Waals surface area (Å²) < 4.78 is 99.6. The maximum absolute atomic E-state index is 13.4. The number of anilines is 2. The first-order chi connectivity index (χ1) is 20.5. The van der Waals surface area contributed by atoms with E-state index in [1.165, 1.54) is 42.5 Å². The number of carboxylic acids is 1. The summed E-state index contributed by atoms with van der Waals surface area (Å²) in [5.41, 5.74) is 14.1. The predicted octanol–water partition coefficient (Wildman–Crippen LogP) is 7.16. The van der Waals surface area contributed by atoms with Gasteiger partial charge in [-0.05, 0) is 85.0 Å². The lowest BCUT2D eigenvalue weighted by molar-refractivity contribution is -0.355. The van der Waals surface area contributed by atoms with E-state index in [9.17, 15) is 45.4 Å². The van der Waals surface area contributed by atoms with Crippen LogP contribution in [0.3, 0.4) is 0 Å². The Morgan fingerprint density at radius 1 is 0.841 bits per heavy atom. The van der Waals surface area contributed by atoms with Crippen molar-refractivity contribution in [2.45, 2.75) is 43.7 Å². The fraction of sp³-hybridized carbons (Fsp3) is 0.267. The zero-order chi connectivity index (χ0) is 32.7. The molecule has 14 heteroatoms. The number of hydrogen-bond acceptors (Lipinski definition) is 6. The summed E-state index contributed by atoms with van der Waals surface area (Å²) in [5.74, 6) is -13.2. The quantitative estimate of drug-likeness (QED) is 0.0458. The molecule has 0 heterocycles. The third-order valence-corrected chi connectivity index (χ3v) is 6.35. The summed E-state index contributed by atoms with van der Waals surface area (Å²) in [4.78, 5) is 24.2. The van der Waals surface area contributed by atoms with Crippen molar-refractivity contribution < 1.29 is 54.9 Å². The van der Waals surface area contributed by atoms with E-state index in [0.717, 1.165) is 5.56 Å². The van der Waals surface area contributed by atoms with Crippen LogP contribution in [0.4, 0.5) is 42.1 Å². The number of alkyl halides is 7. The molecule has 0 aliphatic rings. The summed E-state index contributed by atoms with van der Waals surface area (Å²) in [5, 5.41) is 9.60. The van der Waals surface area contributed by atoms with Crippen molar-refractivity contribution in [3.05, 3.63) is 89.0 Å². The Labute approximate surface area is 246 Å². The van der Waals surface area contributed by atoms with E-state index in [2.05, 4.69) is 0 Å². The molecule has 5 N–H and O–H groups in total. The molecule has 0 radical (unpaired) electrons. The van der Waals surface area contributed by atoms with E-state index in [-0.39, 0.29) is 29.1 Å². The number of halogens is 7. The highest BCUT2D eigenvalue weighted by atomic mass is 19.4. The Balaban J connectivity index is 1.52. The van der Waals surface area contributed by atoms with Crippen molar-refractivity contribution >= 4 is 29.4 Å². The van der Waals surface area contributed by atoms with Crippen molar-refractivity contribution in [3.63, 3.8) is 0 Å². The fourth-order valence-corrected chi connectivity index (χ4v) is 3.89. The molecule has 3 aromatic carbocycles. The Hall–Kier alpha value is -4.75. The average Bonchev–Trinajstić information content (AvgIpc) is 2.94. The number of nitrogens with two attached hydrogens (primary N) is 2. The van der Waals surface area contributed by atoms with E-state index in [1.54, 1.807) is 30.3 Å². The molecule has 0 aromatic heterocycles. The first-order valence-electron chi connectivity index (χ1n) is 13.0. The van der Waals surface area contributed by atoms with Gasteiger partial charge in [-0.2, -0.15) is 30.7 Å². The lowest BCUT2D eigenvalue weighted by Gasteiger charge is -2.28. The first kappa shape index (κ1) is 33.7. The second-order valence-electron chi connectivity index (χ2n) is 9.64. The number of rotatable bonds is 13. The van der Waals surface area contributed by atoms with Crippen molar-refractivity contribution in [2.24, 2.45) is 0 Å². The van der Waals surface area contributed by atoms with E-state index < -0.39 is 49.4 Å². The molecule has 0 aliphatic carbocycles. The summed E-state index contributed by atoms with van der Waals surface area (Å²) in [6.07, 6.45) is -6.89. The van der Waals surface area contributed by atoms with Gasteiger partial charge in [0, 0.05) is 23.4 Å². The molecule has 7 nitrogen and oxygen atoms in total. The van der Waals surface area contributed by atoms with Gasteiger partial charge in [-0.15, -0.1) is 0 Å². The van der Waals surface area contributed by atoms with Crippen LogP contribution in [0.25, 0.3) is 6.08 Å². The minimum absolute atomic E-state index is 0.0527. The van der Waals surface area contributed by atoms with Crippen LogP contribution < -0.4 is 20.9 Å². The molecule has 3 rings (SSSR count). The molecule has 0 bridgehead atoms. The average molecular weight is 629 g/mol. The number of aliphatic carboxylic acids is 1. The lowest BCUT2D eigenvalue weighted by Crippen LogP contribution is -2.51. The predicted molar refractivity (Wildman–Crippen MR) is 148 cm³/mol. The van der Waals surface area contributed by atoms with Gasteiger partial charge in [-0.3, -0.25) is 0 Å². The van der Waals surface area contributed by atoms with Crippen LogP contribution in [0.2, 0.25) is 0 Å². The molecule has 0 aliphatic heterocycles. The number of esters is 1. The second-order valence-corrected chi connectivity index (χ2v) is 9.64. The van der Waals surface area contributed by atoms with Crippen LogP contribution in [0, 0.1) is 0 Å². The van der Waals surface area contributed by atoms with Gasteiger partial charge in [-0.1, -0.05) is 18.2 Å². The molecule has 0 atom stereocenters. The van der Waals surface area contributed by atoms with Crippen LogP contribution in [0.15, 0.2) is 72.3 Å². The lowest BCUT2D eigenvalue weighted by atomic mass is 10.0. The van der Waals surface area contributed by atoms with Gasteiger partial charge >= 0.3 is 30.0 Å². The summed E-state index contributed by atoms with van der Waals surface area (Å²) in [6, 6.07) is 16.1. The standard InChI is InChI=1S/C30H27F7N2O5/c31-28(32,29(33,34)30(35,36)37)14-1-15-43-23-12-7-20(8-13-23)27(42)44-24-10-2-18(3-11-24)16-21(26(40)41)5-4-19-6-9-22(38)17-25(19)39/h2-3,6-13,16-17H,1,4-5,14-15,38-39H2,(H,40,41). The highest BCUT2D eigenvalue weighted by molar-refractivity contribution is 5.92. The maximum atomic E-state index is 13.4. The summed E-state index contributed by atoms with van der Waals surface area (Å²) >= 11 is 0. The van der Waals surface area contributed by atoms with Gasteiger partial charge in [0.25, 0.3) is 0 Å². The monoisotopic (exact) mass is 628 g/mol. The molecule has 236 valence electrons. The fourth-order valence-electron chi connectivity index (χ4n) is 3.89. The van der Waals surface area contributed by atoms with Crippen molar-refractivity contribution in [1.29, 1.82) is 0 Å². The SMILES string of the molecule is Nc1ccc(CCC(=Cc2ccc(OC(=O)c3ccc(OCCCC(F)(F)C(F)(F)C(F)(F)F)cc3)cc2)C(=O)O)c(N)c1. The molecular weight excluding hydrogens is 601 g/mol. The highest BCUT2D eigenvalue weighted by Crippen LogP contribution is 2.48. The Morgan fingerprint density at radius 2 is 1.45 bits per heavy atom. The molecule has 3 aromatic rings. The van der Waals surface area contributed by atoms with Crippen LogP contribution in [0.1, 0.15) is 40.7 Å². The Bertz CT molecular complexity index is 1490. The van der Waals surface area contributed by atoms with E-state index >= 15 is 0 Å². The third-order valence-electron chi connectivity index (χ3n) is 6.35. The van der Waals surface area contributed by atoms with Crippen molar-refractivity contribution in [2.75, 3.05) is 18.1 Å². The van der Waals surface area contributed by atoms with Crippen LogP contribution in [-0.2, 0) is 11.2 Å². The van der Waals surface area contributed by atoms with Gasteiger partial charge in [0.1, 0.15) is 11.5 Å². The first-order valence-corrected chi connectivity index (χ1v) is 13.0. The summed E-state index contributed by atoms with van der Waals surface area (Å²) in [7, 11) is 0. The number of carbonyl (C=O) groups is 2. The minimum atomic E-state index is -6.39. The van der Waals surface area contributed by atoms with Crippen LogP contribution in [-0.4, -0.2) is 41.7 Å². The zero-order valence-corrected chi connectivity index (χ0v) is 22.8. The molecule has 0 saturated carbocycles. The minimum Gasteiger partial charge on any atom is -0.494 e. The topological polar surface area (TPSA) is 125 Å². The Morgan fingerprint density at radius 3 is 2.02 bits per heavy atom. The number of aryl methyl sites for hydroxylation is 1. The second kappa shape index (κ2) is 13.7. The molecule has 0 unspecified atom stereocenters.